The van der Waals surface area contributed by atoms with Crippen molar-refractivity contribution in [2.75, 3.05) is 20.6 Å². The number of rotatable bonds is 6. The third-order valence-electron chi connectivity index (χ3n) is 5.19. The van der Waals surface area contributed by atoms with Gasteiger partial charge in [-0.1, -0.05) is 18.2 Å². The first-order valence-corrected chi connectivity index (χ1v) is 10.0. The number of hydrogen-bond donors (Lipinski definition) is 0. The zero-order chi connectivity index (χ0) is 21.8. The zero-order valence-electron chi connectivity index (χ0n) is 18.2. The summed E-state index contributed by atoms with van der Waals surface area (Å²) in [5, 5.41) is 0. The number of aromatic nitrogens is 2. The molecule has 3 aromatic rings. The molecule has 0 aliphatic rings. The third-order valence-corrected chi connectivity index (χ3v) is 5.19. The molecule has 0 saturated carbocycles. The Kier molecular flexibility index (Phi) is 6.35. The summed E-state index contributed by atoms with van der Waals surface area (Å²) in [6.07, 6.45) is 1.75. The van der Waals surface area contributed by atoms with E-state index in [0.717, 1.165) is 22.8 Å². The minimum Gasteiger partial charge on any atom is -0.345 e. The molecule has 6 nitrogen and oxygen atoms in total. The van der Waals surface area contributed by atoms with E-state index in [-0.39, 0.29) is 11.8 Å². The maximum atomic E-state index is 13.3. The van der Waals surface area contributed by atoms with Crippen LogP contribution < -0.4 is 0 Å². The van der Waals surface area contributed by atoms with Crippen molar-refractivity contribution < 1.29 is 9.59 Å². The Morgan fingerprint density at radius 1 is 1.00 bits per heavy atom. The van der Waals surface area contributed by atoms with Crippen LogP contribution >= 0.6 is 0 Å². The molecule has 0 N–H and O–H groups in total. The minimum absolute atomic E-state index is 0.0128. The van der Waals surface area contributed by atoms with Crippen molar-refractivity contribution in [3.63, 3.8) is 0 Å². The van der Waals surface area contributed by atoms with Crippen LogP contribution in [0.2, 0.25) is 0 Å². The van der Waals surface area contributed by atoms with Gasteiger partial charge in [0.05, 0.1) is 5.56 Å². The van der Waals surface area contributed by atoms with E-state index >= 15 is 0 Å². The molecule has 156 valence electrons. The first-order valence-electron chi connectivity index (χ1n) is 10.0. The van der Waals surface area contributed by atoms with Crippen molar-refractivity contribution in [1.29, 1.82) is 0 Å². The van der Waals surface area contributed by atoms with Gasteiger partial charge < -0.3 is 14.4 Å². The van der Waals surface area contributed by atoms with E-state index in [1.54, 1.807) is 25.2 Å². The van der Waals surface area contributed by atoms with Crippen molar-refractivity contribution in [2.24, 2.45) is 0 Å². The van der Waals surface area contributed by atoms with Gasteiger partial charge >= 0.3 is 0 Å². The highest BCUT2D eigenvalue weighted by Crippen LogP contribution is 2.22. The van der Waals surface area contributed by atoms with E-state index in [1.165, 1.54) is 0 Å². The molecule has 0 atom stereocenters. The van der Waals surface area contributed by atoms with E-state index in [0.29, 0.717) is 24.2 Å². The van der Waals surface area contributed by atoms with E-state index in [1.807, 2.05) is 78.8 Å². The second-order valence-electron chi connectivity index (χ2n) is 7.52. The summed E-state index contributed by atoms with van der Waals surface area (Å²) in [7, 11) is 3.46. The molecule has 30 heavy (non-hydrogen) atoms. The van der Waals surface area contributed by atoms with Crippen LogP contribution in [0, 0.1) is 13.8 Å². The first kappa shape index (κ1) is 21.3. The van der Waals surface area contributed by atoms with Crippen molar-refractivity contribution in [3.05, 3.63) is 82.8 Å². The number of pyridine rings is 1. The van der Waals surface area contributed by atoms with Crippen molar-refractivity contribution in [2.45, 2.75) is 27.3 Å². The fraction of sp³-hybridized carbons (Fsp3) is 0.292. The summed E-state index contributed by atoms with van der Waals surface area (Å²) in [5.41, 5.74) is 4.15. The fourth-order valence-corrected chi connectivity index (χ4v) is 3.55. The molecule has 0 aliphatic carbocycles. The molecule has 0 bridgehead atoms. The topological polar surface area (TPSA) is 58.4 Å². The zero-order valence-corrected chi connectivity index (χ0v) is 18.2. The highest BCUT2D eigenvalue weighted by molar-refractivity contribution is 5.96. The lowest BCUT2D eigenvalue weighted by atomic mass is 10.1. The molecule has 0 fully saturated rings. The molecule has 2 heterocycles. The number of nitrogens with zero attached hydrogens (tertiary/aromatic N) is 4. The maximum Gasteiger partial charge on any atom is 0.255 e. The van der Waals surface area contributed by atoms with E-state index in [2.05, 4.69) is 4.98 Å². The SMILES string of the molecule is CCN(Cc1ccc(C(=O)N(C)C)cc1)C(=O)c1cc(C)n(-c2ccccn2)c1C. The van der Waals surface area contributed by atoms with Gasteiger partial charge in [0.1, 0.15) is 5.82 Å². The van der Waals surface area contributed by atoms with Gasteiger partial charge in [0, 0.05) is 50.3 Å². The molecule has 3 rings (SSSR count). The smallest absolute Gasteiger partial charge is 0.255 e. The molecule has 1 aromatic carbocycles. The molecule has 0 aliphatic heterocycles. The van der Waals surface area contributed by atoms with Crippen LogP contribution in [-0.2, 0) is 6.54 Å². The van der Waals surface area contributed by atoms with Crippen LogP contribution in [0.1, 0.15) is 44.6 Å². The molecule has 0 radical (unpaired) electrons. The van der Waals surface area contributed by atoms with Crippen LogP contribution in [0.15, 0.2) is 54.7 Å². The van der Waals surface area contributed by atoms with Crippen LogP contribution in [0.4, 0.5) is 0 Å². The van der Waals surface area contributed by atoms with Gasteiger partial charge in [0.15, 0.2) is 0 Å². The number of hydrogen-bond acceptors (Lipinski definition) is 3. The standard InChI is InChI=1S/C24H28N4O2/c1-6-27(16-19-10-12-20(13-11-19)23(29)26(4)5)24(30)21-15-17(2)28(18(21)3)22-9-7-8-14-25-22/h7-15H,6,16H2,1-5H3. The molecule has 6 heteroatoms. The number of carbonyl (C=O) groups is 2. The highest BCUT2D eigenvalue weighted by atomic mass is 16.2. The molecular formula is C24H28N4O2. The first-order chi connectivity index (χ1) is 14.3. The summed E-state index contributed by atoms with van der Waals surface area (Å²) in [4.78, 5) is 33.1. The Morgan fingerprint density at radius 3 is 2.27 bits per heavy atom. The minimum atomic E-state index is -0.0352. The van der Waals surface area contributed by atoms with Gasteiger partial charge in [0.25, 0.3) is 11.8 Å². The van der Waals surface area contributed by atoms with Crippen LogP contribution in [0.5, 0.6) is 0 Å². The molecule has 0 unspecified atom stereocenters. The maximum absolute atomic E-state index is 13.3. The Morgan fingerprint density at radius 2 is 1.70 bits per heavy atom. The van der Waals surface area contributed by atoms with Crippen molar-refractivity contribution in [1.82, 2.24) is 19.4 Å². The van der Waals surface area contributed by atoms with E-state index in [9.17, 15) is 9.59 Å². The van der Waals surface area contributed by atoms with Gasteiger partial charge in [-0.3, -0.25) is 9.59 Å². The number of aryl methyl sites for hydroxylation is 1. The van der Waals surface area contributed by atoms with Crippen LogP contribution in [0.3, 0.4) is 0 Å². The van der Waals surface area contributed by atoms with Gasteiger partial charge in [-0.05, 0) is 56.7 Å². The highest BCUT2D eigenvalue weighted by Gasteiger charge is 2.21. The average molecular weight is 405 g/mol. The Bertz CT molecular complexity index is 1040. The van der Waals surface area contributed by atoms with Gasteiger partial charge in [-0.15, -0.1) is 0 Å². The lowest BCUT2D eigenvalue weighted by Gasteiger charge is -2.21. The molecule has 0 saturated heterocycles. The summed E-state index contributed by atoms with van der Waals surface area (Å²) in [5.74, 6) is 0.754. The van der Waals surface area contributed by atoms with Crippen LogP contribution in [-0.4, -0.2) is 51.8 Å². The summed E-state index contributed by atoms with van der Waals surface area (Å²) < 4.78 is 2.00. The number of amides is 2. The largest absolute Gasteiger partial charge is 0.345 e. The molecule has 0 spiro atoms. The number of benzene rings is 1. The Labute approximate surface area is 177 Å². The predicted molar refractivity (Wildman–Crippen MR) is 118 cm³/mol. The Hall–Kier alpha value is -3.41. The lowest BCUT2D eigenvalue weighted by molar-refractivity contribution is 0.0750. The quantitative estimate of drug-likeness (QED) is 0.627. The normalized spacial score (nSPS) is 10.7. The summed E-state index contributed by atoms with van der Waals surface area (Å²) in [6, 6.07) is 15.1. The fourth-order valence-electron chi connectivity index (χ4n) is 3.55. The van der Waals surface area contributed by atoms with Gasteiger partial charge in [0.2, 0.25) is 0 Å². The molecular weight excluding hydrogens is 376 g/mol. The summed E-state index contributed by atoms with van der Waals surface area (Å²) in [6.45, 7) is 6.98. The Balaban J connectivity index is 1.83. The van der Waals surface area contributed by atoms with E-state index in [4.69, 9.17) is 0 Å². The van der Waals surface area contributed by atoms with Gasteiger partial charge in [-0.2, -0.15) is 0 Å². The van der Waals surface area contributed by atoms with Gasteiger partial charge in [-0.25, -0.2) is 4.98 Å². The molecule has 2 aromatic heterocycles. The van der Waals surface area contributed by atoms with Crippen molar-refractivity contribution >= 4 is 11.8 Å². The number of carbonyl (C=O) groups excluding carboxylic acids is 2. The van der Waals surface area contributed by atoms with E-state index < -0.39 is 0 Å². The average Bonchev–Trinajstić information content (AvgIpc) is 3.05. The monoisotopic (exact) mass is 404 g/mol. The predicted octanol–water partition coefficient (Wildman–Crippen LogP) is 3.85. The second-order valence-corrected chi connectivity index (χ2v) is 7.52. The summed E-state index contributed by atoms with van der Waals surface area (Å²) >= 11 is 0. The third kappa shape index (κ3) is 4.27. The van der Waals surface area contributed by atoms with Crippen LogP contribution in [0.25, 0.3) is 5.82 Å². The lowest BCUT2D eigenvalue weighted by Crippen LogP contribution is -2.30. The molecule has 2 amide bonds. The second kappa shape index (κ2) is 8.95. The van der Waals surface area contributed by atoms with Crippen molar-refractivity contribution in [3.8, 4) is 5.82 Å².